The largest absolute Gasteiger partial charge is 0.543 e. The lowest BCUT2D eigenvalue weighted by Crippen LogP contribution is -2.24. The maximum atomic E-state index is 12.6. The van der Waals surface area contributed by atoms with Crippen LogP contribution in [-0.2, 0) is 5.92 Å². The Morgan fingerprint density at radius 3 is 2.62 bits per heavy atom. The Hall–Kier alpha value is -1.52. The van der Waals surface area contributed by atoms with Crippen molar-refractivity contribution in [2.45, 2.75) is 12.8 Å². The van der Waals surface area contributed by atoms with Gasteiger partial charge in [-0.3, -0.25) is 0 Å². The normalized spacial score (nSPS) is 11.3. The second-order valence-electron chi connectivity index (χ2n) is 2.58. The average molecular weight is 186 g/mol. The first-order valence-electron chi connectivity index (χ1n) is 3.48. The minimum atomic E-state index is -3.13. The molecule has 0 radical (unpaired) electrons. The van der Waals surface area contributed by atoms with Crippen LogP contribution in [0.15, 0.2) is 18.2 Å². The number of aromatic carboxylic acids is 1. The topological polar surface area (TPSA) is 53.0 Å². The number of hydrogen-bond acceptors (Lipinski definition) is 3. The van der Waals surface area contributed by atoms with Crippen LogP contribution in [0.1, 0.15) is 23.1 Å². The Bertz CT molecular complexity index is 333. The molecule has 5 heteroatoms. The molecule has 0 fully saturated rings. The SMILES string of the molecule is CC(F)(F)c1cccc(C(=O)[O-])n1. The Labute approximate surface area is 73.0 Å². The second-order valence-corrected chi connectivity index (χ2v) is 2.58. The standard InChI is InChI=1S/C8H7F2NO2/c1-8(9,10)6-4-2-3-5(11-6)7(12)13/h2-4H,1H3,(H,12,13)/p-1. The quantitative estimate of drug-likeness (QED) is 0.677. The molecule has 1 aromatic rings. The molecule has 13 heavy (non-hydrogen) atoms. The minimum absolute atomic E-state index is 0.487. The third kappa shape index (κ3) is 2.21. The lowest BCUT2D eigenvalue weighted by Gasteiger charge is -2.10. The van der Waals surface area contributed by atoms with Gasteiger partial charge in [0.25, 0.3) is 5.92 Å². The van der Waals surface area contributed by atoms with E-state index in [2.05, 4.69) is 4.98 Å². The van der Waals surface area contributed by atoms with E-state index in [1.54, 1.807) is 0 Å². The summed E-state index contributed by atoms with van der Waals surface area (Å²) in [6, 6.07) is 3.36. The zero-order chi connectivity index (χ0) is 10.1. The number of pyridine rings is 1. The number of carbonyl (C=O) groups is 1. The third-order valence-electron chi connectivity index (χ3n) is 1.41. The van der Waals surface area contributed by atoms with Crippen molar-refractivity contribution in [3.8, 4) is 0 Å². The van der Waals surface area contributed by atoms with Crippen LogP contribution >= 0.6 is 0 Å². The fourth-order valence-corrected chi connectivity index (χ4v) is 0.793. The highest BCUT2D eigenvalue weighted by molar-refractivity contribution is 5.83. The second kappa shape index (κ2) is 3.08. The minimum Gasteiger partial charge on any atom is -0.543 e. The predicted octanol–water partition coefficient (Wildman–Crippen LogP) is 0.557. The summed E-state index contributed by atoms with van der Waals surface area (Å²) in [6.45, 7) is 0.647. The molecule has 0 unspecified atom stereocenters. The van der Waals surface area contributed by atoms with Crippen molar-refractivity contribution in [2.24, 2.45) is 0 Å². The van der Waals surface area contributed by atoms with E-state index in [0.29, 0.717) is 6.92 Å². The molecule has 0 aliphatic rings. The van der Waals surface area contributed by atoms with E-state index in [9.17, 15) is 18.7 Å². The molecule has 0 bridgehead atoms. The van der Waals surface area contributed by atoms with Gasteiger partial charge in [-0.05, 0) is 12.1 Å². The van der Waals surface area contributed by atoms with Crippen LogP contribution in [0, 0.1) is 0 Å². The molecule has 0 N–H and O–H groups in total. The number of carboxylic acids is 1. The molecule has 0 spiro atoms. The van der Waals surface area contributed by atoms with Crippen LogP contribution in [0.25, 0.3) is 0 Å². The van der Waals surface area contributed by atoms with Crippen molar-refractivity contribution >= 4 is 5.97 Å². The first kappa shape index (κ1) is 9.57. The van der Waals surface area contributed by atoms with E-state index in [1.165, 1.54) is 6.07 Å². The first-order valence-corrected chi connectivity index (χ1v) is 3.48. The molecule has 0 aliphatic heterocycles. The van der Waals surface area contributed by atoms with Gasteiger partial charge >= 0.3 is 0 Å². The molecule has 0 atom stereocenters. The van der Waals surface area contributed by atoms with Crippen molar-refractivity contribution in [3.63, 3.8) is 0 Å². The molecule has 0 aromatic carbocycles. The van der Waals surface area contributed by atoms with E-state index in [0.717, 1.165) is 12.1 Å². The molecular weight excluding hydrogens is 180 g/mol. The van der Waals surface area contributed by atoms with E-state index in [1.807, 2.05) is 0 Å². The Morgan fingerprint density at radius 1 is 1.54 bits per heavy atom. The molecule has 0 aliphatic carbocycles. The van der Waals surface area contributed by atoms with Gasteiger partial charge in [-0.15, -0.1) is 0 Å². The van der Waals surface area contributed by atoms with E-state index in [-0.39, 0.29) is 0 Å². The van der Waals surface area contributed by atoms with Gasteiger partial charge < -0.3 is 9.90 Å². The predicted molar refractivity (Wildman–Crippen MR) is 38.1 cm³/mol. The van der Waals surface area contributed by atoms with Gasteiger partial charge in [-0.2, -0.15) is 8.78 Å². The monoisotopic (exact) mass is 186 g/mol. The summed E-state index contributed by atoms with van der Waals surface area (Å²) in [5.74, 6) is -4.70. The van der Waals surface area contributed by atoms with E-state index >= 15 is 0 Å². The number of carbonyl (C=O) groups excluding carboxylic acids is 1. The number of rotatable bonds is 2. The van der Waals surface area contributed by atoms with Crippen LogP contribution < -0.4 is 5.11 Å². The molecule has 0 saturated heterocycles. The van der Waals surface area contributed by atoms with Crippen LogP contribution in [0.2, 0.25) is 0 Å². The summed E-state index contributed by atoms with van der Waals surface area (Å²) in [4.78, 5) is 13.5. The van der Waals surface area contributed by atoms with E-state index in [4.69, 9.17) is 0 Å². The van der Waals surface area contributed by atoms with Crippen LogP contribution in [0.4, 0.5) is 8.78 Å². The van der Waals surface area contributed by atoms with Gasteiger partial charge in [0.15, 0.2) is 0 Å². The number of halogens is 2. The Morgan fingerprint density at radius 2 is 2.15 bits per heavy atom. The highest BCUT2D eigenvalue weighted by Gasteiger charge is 2.25. The number of hydrogen-bond donors (Lipinski definition) is 0. The van der Waals surface area contributed by atoms with Crippen LogP contribution in [0.3, 0.4) is 0 Å². The van der Waals surface area contributed by atoms with Gasteiger partial charge in [0.2, 0.25) is 0 Å². The van der Waals surface area contributed by atoms with Gasteiger partial charge in [0.05, 0.1) is 11.7 Å². The summed E-state index contributed by atoms with van der Waals surface area (Å²) in [5, 5.41) is 10.3. The number of aromatic nitrogens is 1. The third-order valence-corrected chi connectivity index (χ3v) is 1.41. The average Bonchev–Trinajstić information content (AvgIpc) is 2.03. The number of carboxylic acid groups (broad SMARTS) is 1. The van der Waals surface area contributed by atoms with Crippen molar-refractivity contribution in [3.05, 3.63) is 29.6 Å². The Kier molecular flexibility index (Phi) is 2.27. The van der Waals surface area contributed by atoms with Crippen molar-refractivity contribution in [2.75, 3.05) is 0 Å². The fourth-order valence-electron chi connectivity index (χ4n) is 0.793. The molecule has 1 aromatic heterocycles. The molecule has 0 amide bonds. The highest BCUT2D eigenvalue weighted by Crippen LogP contribution is 2.24. The summed E-state index contributed by atoms with van der Waals surface area (Å²) < 4.78 is 25.2. The van der Waals surface area contributed by atoms with Gasteiger partial charge in [-0.1, -0.05) is 6.07 Å². The van der Waals surface area contributed by atoms with E-state index < -0.39 is 23.3 Å². The number of nitrogens with zero attached hydrogens (tertiary/aromatic N) is 1. The zero-order valence-electron chi connectivity index (χ0n) is 6.75. The molecule has 0 saturated carbocycles. The van der Waals surface area contributed by atoms with Crippen molar-refractivity contribution < 1.29 is 18.7 Å². The summed E-state index contributed by atoms with van der Waals surface area (Å²) in [5.41, 5.74) is -1.06. The van der Waals surface area contributed by atoms with Gasteiger partial charge in [-0.25, -0.2) is 4.98 Å². The number of alkyl halides is 2. The lowest BCUT2D eigenvalue weighted by molar-refractivity contribution is -0.255. The summed E-state index contributed by atoms with van der Waals surface area (Å²) in [6.07, 6.45) is 0. The smallest absolute Gasteiger partial charge is 0.286 e. The maximum absolute atomic E-state index is 12.6. The molecule has 3 nitrogen and oxygen atoms in total. The maximum Gasteiger partial charge on any atom is 0.286 e. The molecule has 1 heterocycles. The fraction of sp³-hybridized carbons (Fsp3) is 0.250. The Balaban J connectivity index is 3.13. The summed E-state index contributed by atoms with van der Waals surface area (Å²) in [7, 11) is 0. The molecule has 1 rings (SSSR count). The zero-order valence-corrected chi connectivity index (χ0v) is 6.75. The molecular formula is C8H6F2NO2-. The first-order chi connectivity index (χ1) is 5.91. The van der Waals surface area contributed by atoms with Crippen molar-refractivity contribution in [1.29, 1.82) is 0 Å². The van der Waals surface area contributed by atoms with Crippen LogP contribution in [-0.4, -0.2) is 11.0 Å². The van der Waals surface area contributed by atoms with Crippen LogP contribution in [0.5, 0.6) is 0 Å². The lowest BCUT2D eigenvalue weighted by atomic mass is 10.2. The van der Waals surface area contributed by atoms with Crippen molar-refractivity contribution in [1.82, 2.24) is 4.98 Å². The van der Waals surface area contributed by atoms with Gasteiger partial charge in [0.1, 0.15) is 5.69 Å². The summed E-state index contributed by atoms with van der Waals surface area (Å²) >= 11 is 0. The highest BCUT2D eigenvalue weighted by atomic mass is 19.3. The van der Waals surface area contributed by atoms with Gasteiger partial charge in [0, 0.05) is 6.92 Å². The molecule has 70 valence electrons.